The summed E-state index contributed by atoms with van der Waals surface area (Å²) in [5.41, 5.74) is 0.692. The van der Waals surface area contributed by atoms with Crippen LogP contribution in [0.25, 0.3) is 0 Å². The van der Waals surface area contributed by atoms with Crippen molar-refractivity contribution in [1.82, 2.24) is 0 Å². The molecule has 1 N–H and O–H groups in total. The van der Waals surface area contributed by atoms with Gasteiger partial charge in [0.1, 0.15) is 0 Å². The quantitative estimate of drug-likeness (QED) is 0.714. The summed E-state index contributed by atoms with van der Waals surface area (Å²) in [5.74, 6) is 1.31. The highest BCUT2D eigenvalue weighted by Gasteiger charge is 2.64. The second-order valence-electron chi connectivity index (χ2n) is 4.88. The molecule has 12 heavy (non-hydrogen) atoms. The highest BCUT2D eigenvalue weighted by Crippen LogP contribution is 2.68. The SMILES string of the molecule is CC1(C)CC1(CO)C1CCCS1. The maximum Gasteiger partial charge on any atom is 0.0503 e. The van der Waals surface area contributed by atoms with Crippen LogP contribution in [-0.2, 0) is 0 Å². The summed E-state index contributed by atoms with van der Waals surface area (Å²) < 4.78 is 0. The van der Waals surface area contributed by atoms with Crippen molar-refractivity contribution in [3.8, 4) is 0 Å². The van der Waals surface area contributed by atoms with E-state index < -0.39 is 0 Å². The fourth-order valence-electron chi connectivity index (χ4n) is 2.68. The third-order valence-electron chi connectivity index (χ3n) is 3.81. The lowest BCUT2D eigenvalue weighted by molar-refractivity contribution is 0.176. The Morgan fingerprint density at radius 1 is 1.50 bits per heavy atom. The number of hydrogen-bond donors (Lipinski definition) is 1. The fourth-order valence-corrected chi connectivity index (χ4v) is 4.43. The van der Waals surface area contributed by atoms with Gasteiger partial charge >= 0.3 is 0 Å². The number of thioether (sulfide) groups is 1. The molecule has 2 aliphatic rings. The maximum absolute atomic E-state index is 9.44. The second kappa shape index (κ2) is 2.65. The van der Waals surface area contributed by atoms with E-state index in [0.717, 1.165) is 5.25 Å². The first-order valence-corrected chi connectivity index (χ1v) is 5.90. The normalized spacial score (nSPS) is 44.8. The van der Waals surface area contributed by atoms with Crippen molar-refractivity contribution < 1.29 is 5.11 Å². The van der Waals surface area contributed by atoms with E-state index in [1.807, 2.05) is 0 Å². The average molecular weight is 186 g/mol. The van der Waals surface area contributed by atoms with Gasteiger partial charge in [0.05, 0.1) is 6.61 Å². The molecule has 1 aliphatic carbocycles. The number of aliphatic hydroxyl groups is 1. The van der Waals surface area contributed by atoms with Gasteiger partial charge in [-0.1, -0.05) is 13.8 Å². The number of hydrogen-bond acceptors (Lipinski definition) is 2. The molecule has 2 atom stereocenters. The lowest BCUT2D eigenvalue weighted by Crippen LogP contribution is -2.25. The second-order valence-corrected chi connectivity index (χ2v) is 6.19. The van der Waals surface area contributed by atoms with Crippen molar-refractivity contribution >= 4 is 11.8 Å². The molecule has 0 radical (unpaired) electrons. The molecule has 0 aromatic rings. The highest BCUT2D eigenvalue weighted by atomic mass is 32.2. The van der Waals surface area contributed by atoms with Crippen molar-refractivity contribution in [2.24, 2.45) is 10.8 Å². The van der Waals surface area contributed by atoms with Crippen LogP contribution in [0.15, 0.2) is 0 Å². The van der Waals surface area contributed by atoms with E-state index >= 15 is 0 Å². The van der Waals surface area contributed by atoms with Crippen LogP contribution in [0.2, 0.25) is 0 Å². The standard InChI is InChI=1S/C10H18OS/c1-9(2)6-10(9,7-11)8-4-3-5-12-8/h8,11H,3-7H2,1-2H3. The molecule has 0 amide bonds. The van der Waals surface area contributed by atoms with E-state index in [-0.39, 0.29) is 5.41 Å². The molecule has 0 spiro atoms. The average Bonchev–Trinajstić information content (AvgIpc) is 2.52. The minimum atomic E-state index is 0.286. The molecular formula is C10H18OS. The molecule has 0 aromatic carbocycles. The molecule has 1 aliphatic heterocycles. The molecule has 2 unspecified atom stereocenters. The lowest BCUT2D eigenvalue weighted by atomic mass is 9.91. The molecule has 1 saturated heterocycles. The van der Waals surface area contributed by atoms with E-state index in [2.05, 4.69) is 25.6 Å². The van der Waals surface area contributed by atoms with Gasteiger partial charge in [0.25, 0.3) is 0 Å². The minimum Gasteiger partial charge on any atom is -0.396 e. The van der Waals surface area contributed by atoms with E-state index in [0.29, 0.717) is 12.0 Å². The Morgan fingerprint density at radius 3 is 2.50 bits per heavy atom. The molecule has 2 heteroatoms. The maximum atomic E-state index is 9.44. The largest absolute Gasteiger partial charge is 0.396 e. The third-order valence-corrected chi connectivity index (χ3v) is 5.42. The van der Waals surface area contributed by atoms with Gasteiger partial charge in [-0.3, -0.25) is 0 Å². The van der Waals surface area contributed by atoms with Crippen molar-refractivity contribution in [2.75, 3.05) is 12.4 Å². The fraction of sp³-hybridized carbons (Fsp3) is 1.00. The zero-order chi connectivity index (χ0) is 8.82. The van der Waals surface area contributed by atoms with Crippen molar-refractivity contribution in [3.63, 3.8) is 0 Å². The minimum absolute atomic E-state index is 0.286. The summed E-state index contributed by atoms with van der Waals surface area (Å²) in [4.78, 5) is 0. The van der Waals surface area contributed by atoms with Gasteiger partial charge in [-0.25, -0.2) is 0 Å². The summed E-state index contributed by atoms with van der Waals surface area (Å²) in [5, 5.41) is 10.2. The van der Waals surface area contributed by atoms with Crippen LogP contribution in [0, 0.1) is 10.8 Å². The van der Waals surface area contributed by atoms with Crippen molar-refractivity contribution in [1.29, 1.82) is 0 Å². The Balaban J connectivity index is 2.09. The van der Waals surface area contributed by atoms with E-state index in [1.54, 1.807) is 0 Å². The Hall–Kier alpha value is 0.310. The van der Waals surface area contributed by atoms with Gasteiger partial charge in [-0.2, -0.15) is 11.8 Å². The highest BCUT2D eigenvalue weighted by molar-refractivity contribution is 8.00. The van der Waals surface area contributed by atoms with Gasteiger partial charge < -0.3 is 5.11 Å². The lowest BCUT2D eigenvalue weighted by Gasteiger charge is -2.24. The Labute approximate surface area is 78.9 Å². The van der Waals surface area contributed by atoms with Gasteiger partial charge in [-0.15, -0.1) is 0 Å². The summed E-state index contributed by atoms with van der Waals surface area (Å²) >= 11 is 2.08. The first-order valence-electron chi connectivity index (χ1n) is 4.85. The van der Waals surface area contributed by atoms with Crippen molar-refractivity contribution in [3.05, 3.63) is 0 Å². The Kier molecular flexibility index (Phi) is 1.96. The van der Waals surface area contributed by atoms with Crippen LogP contribution in [-0.4, -0.2) is 22.7 Å². The summed E-state index contributed by atoms with van der Waals surface area (Å²) in [7, 11) is 0. The Morgan fingerprint density at radius 2 is 2.17 bits per heavy atom. The first-order chi connectivity index (χ1) is 5.62. The molecule has 1 nitrogen and oxygen atoms in total. The van der Waals surface area contributed by atoms with E-state index in [9.17, 15) is 5.11 Å². The zero-order valence-corrected chi connectivity index (χ0v) is 8.78. The molecule has 70 valence electrons. The predicted molar refractivity (Wildman–Crippen MR) is 53.4 cm³/mol. The molecule has 1 saturated carbocycles. The molecular weight excluding hydrogens is 168 g/mol. The smallest absolute Gasteiger partial charge is 0.0503 e. The van der Waals surface area contributed by atoms with Gasteiger partial charge in [0.2, 0.25) is 0 Å². The topological polar surface area (TPSA) is 20.2 Å². The van der Waals surface area contributed by atoms with Gasteiger partial charge in [0, 0.05) is 10.7 Å². The molecule has 2 fully saturated rings. The van der Waals surface area contributed by atoms with Crippen LogP contribution >= 0.6 is 11.8 Å². The van der Waals surface area contributed by atoms with Crippen molar-refractivity contribution in [2.45, 2.75) is 38.4 Å². The number of aliphatic hydroxyl groups excluding tert-OH is 1. The molecule has 1 heterocycles. The molecule has 2 rings (SSSR count). The van der Waals surface area contributed by atoms with E-state index in [1.165, 1.54) is 25.0 Å². The van der Waals surface area contributed by atoms with Crippen LogP contribution < -0.4 is 0 Å². The number of rotatable bonds is 2. The monoisotopic (exact) mass is 186 g/mol. The summed E-state index contributed by atoms with van der Waals surface area (Å²) in [6.07, 6.45) is 3.91. The first kappa shape index (κ1) is 8.89. The summed E-state index contributed by atoms with van der Waals surface area (Å²) in [6.45, 7) is 4.99. The third kappa shape index (κ3) is 1.04. The Bertz CT molecular complexity index is 184. The predicted octanol–water partition coefficient (Wildman–Crippen LogP) is 2.29. The van der Waals surface area contributed by atoms with Crippen LogP contribution in [0.4, 0.5) is 0 Å². The molecule has 0 aromatic heterocycles. The van der Waals surface area contributed by atoms with Crippen LogP contribution in [0.5, 0.6) is 0 Å². The van der Waals surface area contributed by atoms with Gasteiger partial charge in [-0.05, 0) is 30.4 Å². The summed E-state index contributed by atoms with van der Waals surface area (Å²) in [6, 6.07) is 0. The molecule has 0 bridgehead atoms. The van der Waals surface area contributed by atoms with E-state index in [4.69, 9.17) is 0 Å². The van der Waals surface area contributed by atoms with Crippen LogP contribution in [0.1, 0.15) is 33.1 Å². The zero-order valence-electron chi connectivity index (χ0n) is 7.97. The van der Waals surface area contributed by atoms with Crippen LogP contribution in [0.3, 0.4) is 0 Å². The van der Waals surface area contributed by atoms with Gasteiger partial charge in [0.15, 0.2) is 0 Å².